The lowest BCUT2D eigenvalue weighted by Crippen LogP contribution is -2.18. The van der Waals surface area contributed by atoms with Gasteiger partial charge in [-0.25, -0.2) is 0 Å². The maximum Gasteiger partial charge on any atom is 0.0558 e. The van der Waals surface area contributed by atoms with Crippen LogP contribution in [0.25, 0.3) is 0 Å². The first kappa shape index (κ1) is 9.28. The first-order valence-electron chi connectivity index (χ1n) is 5.97. The van der Waals surface area contributed by atoms with Gasteiger partial charge in [0.05, 0.1) is 9.74 Å². The Bertz CT molecular complexity index is 308. The second-order valence-electron chi connectivity index (χ2n) is 5.08. The SMILES string of the molecule is CCCCC#CC12C3CCCC1C32Br. The van der Waals surface area contributed by atoms with Crippen LogP contribution in [0, 0.1) is 29.1 Å². The average molecular weight is 253 g/mol. The number of rotatable bonds is 2. The van der Waals surface area contributed by atoms with E-state index in [4.69, 9.17) is 0 Å². The zero-order valence-corrected chi connectivity index (χ0v) is 10.4. The summed E-state index contributed by atoms with van der Waals surface area (Å²) in [6.07, 6.45) is 7.94. The standard InChI is InChI=1S/C13H17Br/c1-2-3-4-5-9-12-10-7-6-8-11(12)13(10,12)14/h10-11H,2-4,6-8H2,1H3. The Balaban J connectivity index is 1.67. The first-order chi connectivity index (χ1) is 6.78. The van der Waals surface area contributed by atoms with E-state index in [1.165, 1.54) is 32.1 Å². The van der Waals surface area contributed by atoms with Crippen LogP contribution in [0.4, 0.5) is 0 Å². The van der Waals surface area contributed by atoms with Crippen molar-refractivity contribution in [1.29, 1.82) is 0 Å². The molecule has 0 spiro atoms. The molecule has 0 N–H and O–H groups in total. The molecule has 0 bridgehead atoms. The normalized spacial score (nSPS) is 51.6. The van der Waals surface area contributed by atoms with E-state index in [1.807, 2.05) is 0 Å². The highest BCUT2D eigenvalue weighted by Crippen LogP contribution is 2.94. The van der Waals surface area contributed by atoms with Crippen LogP contribution in [0.2, 0.25) is 0 Å². The molecule has 3 fully saturated rings. The van der Waals surface area contributed by atoms with Gasteiger partial charge in [-0.1, -0.05) is 41.6 Å². The highest BCUT2D eigenvalue weighted by Gasteiger charge is 2.97. The van der Waals surface area contributed by atoms with Gasteiger partial charge in [-0.15, -0.1) is 5.92 Å². The van der Waals surface area contributed by atoms with Crippen LogP contribution in [0.15, 0.2) is 0 Å². The summed E-state index contributed by atoms with van der Waals surface area (Å²) in [4.78, 5) is 0. The van der Waals surface area contributed by atoms with E-state index in [-0.39, 0.29) is 0 Å². The van der Waals surface area contributed by atoms with Gasteiger partial charge in [-0.2, -0.15) is 0 Å². The number of unbranched alkanes of at least 4 members (excludes halogenated alkanes) is 2. The van der Waals surface area contributed by atoms with Crippen molar-refractivity contribution >= 4 is 15.9 Å². The number of alkyl halides is 1. The van der Waals surface area contributed by atoms with Gasteiger partial charge in [0.15, 0.2) is 0 Å². The summed E-state index contributed by atoms with van der Waals surface area (Å²) in [6.45, 7) is 2.23. The van der Waals surface area contributed by atoms with Crippen LogP contribution < -0.4 is 0 Å². The van der Waals surface area contributed by atoms with Crippen LogP contribution in [-0.2, 0) is 0 Å². The van der Waals surface area contributed by atoms with Crippen molar-refractivity contribution in [2.75, 3.05) is 0 Å². The third kappa shape index (κ3) is 0.830. The molecule has 3 aliphatic rings. The zero-order valence-electron chi connectivity index (χ0n) is 8.78. The molecule has 0 saturated heterocycles. The van der Waals surface area contributed by atoms with Gasteiger partial charge >= 0.3 is 0 Å². The lowest BCUT2D eigenvalue weighted by molar-refractivity contribution is 0.318. The molecule has 0 aliphatic heterocycles. The summed E-state index contributed by atoms with van der Waals surface area (Å²) in [5.74, 6) is 8.83. The first-order valence-corrected chi connectivity index (χ1v) is 6.76. The van der Waals surface area contributed by atoms with Gasteiger partial charge in [0.25, 0.3) is 0 Å². The third-order valence-electron chi connectivity index (χ3n) is 4.52. The van der Waals surface area contributed by atoms with Gasteiger partial charge in [0.2, 0.25) is 0 Å². The molecule has 1 heteroatoms. The van der Waals surface area contributed by atoms with Gasteiger partial charge in [-0.3, -0.25) is 0 Å². The van der Waals surface area contributed by atoms with Gasteiger partial charge < -0.3 is 0 Å². The molecular weight excluding hydrogens is 236 g/mol. The molecule has 0 amide bonds. The lowest BCUT2D eigenvalue weighted by Gasteiger charge is -2.23. The van der Waals surface area contributed by atoms with Crippen molar-refractivity contribution in [1.82, 2.24) is 0 Å². The summed E-state index contributed by atoms with van der Waals surface area (Å²) in [6, 6.07) is 0. The van der Waals surface area contributed by atoms with E-state index >= 15 is 0 Å². The van der Waals surface area contributed by atoms with Crippen molar-refractivity contribution in [3.63, 3.8) is 0 Å². The van der Waals surface area contributed by atoms with E-state index in [0.29, 0.717) is 9.74 Å². The quantitative estimate of drug-likeness (QED) is 0.399. The Hall–Kier alpha value is 0.0400. The van der Waals surface area contributed by atoms with Crippen molar-refractivity contribution < 1.29 is 0 Å². The summed E-state index contributed by atoms with van der Waals surface area (Å²) in [5.41, 5.74) is 0.471. The average Bonchev–Trinajstić information content (AvgIpc) is 2.98. The summed E-state index contributed by atoms with van der Waals surface area (Å²) >= 11 is 3.93. The Kier molecular flexibility index (Phi) is 1.85. The smallest absolute Gasteiger partial charge is 0.0558 e. The second-order valence-corrected chi connectivity index (χ2v) is 6.39. The van der Waals surface area contributed by atoms with Crippen LogP contribution in [0.3, 0.4) is 0 Å². The highest BCUT2D eigenvalue weighted by atomic mass is 79.9. The number of hydrogen-bond acceptors (Lipinski definition) is 0. The van der Waals surface area contributed by atoms with Gasteiger partial charge in [0.1, 0.15) is 0 Å². The monoisotopic (exact) mass is 252 g/mol. The molecule has 14 heavy (non-hydrogen) atoms. The lowest BCUT2D eigenvalue weighted by atomic mass is 9.83. The van der Waals surface area contributed by atoms with Crippen molar-refractivity contribution in [2.24, 2.45) is 17.3 Å². The fourth-order valence-corrected chi connectivity index (χ4v) is 5.26. The van der Waals surface area contributed by atoms with E-state index < -0.39 is 0 Å². The topological polar surface area (TPSA) is 0 Å². The van der Waals surface area contributed by atoms with E-state index in [2.05, 4.69) is 34.7 Å². The number of hydrogen-bond donors (Lipinski definition) is 0. The van der Waals surface area contributed by atoms with Crippen molar-refractivity contribution in [3.8, 4) is 11.8 Å². The van der Waals surface area contributed by atoms with Crippen LogP contribution in [0.1, 0.15) is 45.4 Å². The molecule has 0 aromatic rings. The second kappa shape index (κ2) is 2.79. The summed E-state index contributed by atoms with van der Waals surface area (Å²) < 4.78 is 0.511. The molecule has 0 heterocycles. The predicted molar refractivity (Wildman–Crippen MR) is 62.2 cm³/mol. The van der Waals surface area contributed by atoms with E-state index in [9.17, 15) is 0 Å². The van der Waals surface area contributed by atoms with Gasteiger partial charge in [0, 0.05) is 6.42 Å². The summed E-state index contributed by atoms with van der Waals surface area (Å²) in [7, 11) is 0. The van der Waals surface area contributed by atoms with Crippen LogP contribution >= 0.6 is 15.9 Å². The minimum Gasteiger partial charge on any atom is -0.103 e. The molecular formula is C13H17Br. The minimum absolute atomic E-state index is 0.471. The maximum absolute atomic E-state index is 3.93. The molecule has 2 unspecified atom stereocenters. The van der Waals surface area contributed by atoms with Crippen LogP contribution in [0.5, 0.6) is 0 Å². The van der Waals surface area contributed by atoms with Crippen LogP contribution in [-0.4, -0.2) is 4.32 Å². The molecule has 3 rings (SSSR count). The van der Waals surface area contributed by atoms with Gasteiger partial charge in [-0.05, 0) is 31.1 Å². The van der Waals surface area contributed by atoms with E-state index in [0.717, 1.165) is 18.3 Å². The Labute approximate surface area is 95.0 Å². The Morgan fingerprint density at radius 3 is 2.64 bits per heavy atom. The molecule has 0 radical (unpaired) electrons. The predicted octanol–water partition coefficient (Wildman–Crippen LogP) is 3.74. The molecule has 2 atom stereocenters. The molecule has 76 valence electrons. The van der Waals surface area contributed by atoms with E-state index in [1.54, 1.807) is 0 Å². The Morgan fingerprint density at radius 2 is 2.07 bits per heavy atom. The minimum atomic E-state index is 0.471. The van der Waals surface area contributed by atoms with Crippen molar-refractivity contribution in [3.05, 3.63) is 0 Å². The molecule has 0 aromatic heterocycles. The number of halogens is 1. The summed E-state index contributed by atoms with van der Waals surface area (Å²) in [5, 5.41) is 0. The Morgan fingerprint density at radius 1 is 1.36 bits per heavy atom. The highest BCUT2D eigenvalue weighted by molar-refractivity contribution is 9.10. The number of fused-ring (bicyclic) bond motifs is 2. The molecule has 3 saturated carbocycles. The van der Waals surface area contributed by atoms with Crippen molar-refractivity contribution in [2.45, 2.75) is 49.8 Å². The largest absolute Gasteiger partial charge is 0.103 e. The third-order valence-corrected chi connectivity index (χ3v) is 6.28. The fraction of sp³-hybridized carbons (Fsp3) is 0.846. The molecule has 0 nitrogen and oxygen atoms in total. The molecule has 3 aliphatic carbocycles. The fourth-order valence-electron chi connectivity index (χ4n) is 3.66. The maximum atomic E-state index is 3.93. The zero-order chi connectivity index (χ0) is 9.81. The molecule has 0 aromatic carbocycles.